The molecule has 38 heavy (non-hydrogen) atoms. The van der Waals surface area contributed by atoms with Crippen molar-refractivity contribution in [2.75, 3.05) is 13.1 Å². The Kier molecular flexibility index (Phi) is 9.15. The van der Waals surface area contributed by atoms with E-state index in [1.54, 1.807) is 18.2 Å². The number of carbonyl (C=O) groups is 4. The second-order valence-corrected chi connectivity index (χ2v) is 10.4. The highest BCUT2D eigenvalue weighted by atomic mass is 16.4. The Bertz CT molecular complexity index is 1150. The summed E-state index contributed by atoms with van der Waals surface area (Å²) in [5.74, 6) is -1.93. The van der Waals surface area contributed by atoms with E-state index in [0.717, 1.165) is 43.2 Å². The fourth-order valence-electron chi connectivity index (χ4n) is 5.69. The summed E-state index contributed by atoms with van der Waals surface area (Å²) in [5.41, 5.74) is 2.40. The zero-order valence-electron chi connectivity index (χ0n) is 22.0. The van der Waals surface area contributed by atoms with Crippen LogP contribution in [-0.2, 0) is 20.8 Å². The van der Waals surface area contributed by atoms with Gasteiger partial charge in [0.25, 0.3) is 11.8 Å². The van der Waals surface area contributed by atoms with Gasteiger partial charge in [0, 0.05) is 31.1 Å². The maximum atomic E-state index is 13.8. The lowest BCUT2D eigenvalue weighted by molar-refractivity contribution is -0.143. The summed E-state index contributed by atoms with van der Waals surface area (Å²) in [7, 11) is 0. The molecular weight excluding hydrogens is 482 g/mol. The van der Waals surface area contributed by atoms with Crippen LogP contribution in [-0.4, -0.2) is 63.9 Å². The van der Waals surface area contributed by atoms with Crippen molar-refractivity contribution in [2.45, 2.75) is 70.5 Å². The van der Waals surface area contributed by atoms with Crippen LogP contribution in [0.15, 0.2) is 54.6 Å². The molecule has 2 fully saturated rings. The Morgan fingerprint density at radius 1 is 0.947 bits per heavy atom. The number of benzene rings is 2. The summed E-state index contributed by atoms with van der Waals surface area (Å²) < 4.78 is 0. The lowest BCUT2D eigenvalue weighted by atomic mass is 9.82. The molecule has 0 bridgehead atoms. The number of hydrogen-bond acceptors (Lipinski definition) is 4. The molecule has 1 saturated heterocycles. The first kappa shape index (κ1) is 27.4. The molecule has 0 spiro atoms. The summed E-state index contributed by atoms with van der Waals surface area (Å²) in [5, 5.41) is 12.5. The fraction of sp³-hybridized carbons (Fsp3) is 0.467. The number of rotatable bonds is 9. The first-order valence-electron chi connectivity index (χ1n) is 13.6. The first-order valence-corrected chi connectivity index (χ1v) is 13.6. The second-order valence-electron chi connectivity index (χ2n) is 10.4. The van der Waals surface area contributed by atoms with Crippen LogP contribution in [0.5, 0.6) is 0 Å². The third-order valence-corrected chi connectivity index (χ3v) is 7.66. The number of nitrogens with zero attached hydrogens (tertiary/aromatic N) is 2. The number of aryl methyl sites for hydroxylation is 2. The molecule has 0 radical (unpaired) electrons. The number of amides is 3. The Hall–Kier alpha value is -3.68. The minimum Gasteiger partial charge on any atom is -0.481 e. The zero-order chi connectivity index (χ0) is 27.1. The zero-order valence-corrected chi connectivity index (χ0v) is 22.0. The molecule has 2 unspecified atom stereocenters. The molecule has 1 heterocycles. The van der Waals surface area contributed by atoms with E-state index in [9.17, 15) is 24.3 Å². The van der Waals surface area contributed by atoms with E-state index in [0.29, 0.717) is 12.0 Å². The van der Waals surface area contributed by atoms with Gasteiger partial charge in [-0.3, -0.25) is 19.2 Å². The van der Waals surface area contributed by atoms with E-state index in [1.807, 2.05) is 43.3 Å². The fourth-order valence-corrected chi connectivity index (χ4v) is 5.69. The molecule has 2 aromatic carbocycles. The number of nitrogens with one attached hydrogen (secondary N) is 1. The summed E-state index contributed by atoms with van der Waals surface area (Å²) in [6, 6.07) is 16.3. The van der Waals surface area contributed by atoms with Crippen molar-refractivity contribution in [3.8, 4) is 0 Å². The third kappa shape index (κ3) is 6.79. The molecule has 8 nitrogen and oxygen atoms in total. The highest BCUT2D eigenvalue weighted by molar-refractivity contribution is 5.99. The van der Waals surface area contributed by atoms with Gasteiger partial charge in [0.1, 0.15) is 0 Å². The van der Waals surface area contributed by atoms with Gasteiger partial charge in [-0.2, -0.15) is 0 Å². The molecule has 2 aliphatic rings. The van der Waals surface area contributed by atoms with Crippen LogP contribution in [0.3, 0.4) is 0 Å². The molecular formula is C30H37N3O5. The van der Waals surface area contributed by atoms with Crippen molar-refractivity contribution in [3.63, 3.8) is 0 Å². The highest BCUT2D eigenvalue weighted by Gasteiger charge is 2.43. The lowest BCUT2D eigenvalue weighted by Crippen LogP contribution is -2.57. The van der Waals surface area contributed by atoms with Crippen molar-refractivity contribution >= 4 is 23.7 Å². The van der Waals surface area contributed by atoms with Gasteiger partial charge in [-0.05, 0) is 49.8 Å². The average Bonchev–Trinajstić information content (AvgIpc) is 3.37. The van der Waals surface area contributed by atoms with Crippen molar-refractivity contribution in [1.29, 1.82) is 0 Å². The molecule has 2 atom stereocenters. The SMILES string of the molecule is Cc1cccc(C(=O)N2CCN(C(=O)CCc3ccccc3)C2C(=O)NC(CC(=O)O)C2CCCCC2)c1. The van der Waals surface area contributed by atoms with Crippen LogP contribution in [0, 0.1) is 12.8 Å². The lowest BCUT2D eigenvalue weighted by Gasteiger charge is -2.34. The minimum absolute atomic E-state index is 0.0633. The van der Waals surface area contributed by atoms with Gasteiger partial charge in [0.15, 0.2) is 6.17 Å². The molecule has 2 N–H and O–H groups in total. The predicted molar refractivity (Wildman–Crippen MR) is 143 cm³/mol. The van der Waals surface area contributed by atoms with Gasteiger partial charge in [0.05, 0.1) is 6.42 Å². The van der Waals surface area contributed by atoms with E-state index in [2.05, 4.69) is 5.32 Å². The number of carbonyl (C=O) groups excluding carboxylic acids is 3. The molecule has 1 saturated carbocycles. The Labute approximate surface area is 224 Å². The first-order chi connectivity index (χ1) is 18.3. The largest absolute Gasteiger partial charge is 0.481 e. The molecule has 2 aromatic rings. The molecule has 4 rings (SSSR count). The van der Waals surface area contributed by atoms with Gasteiger partial charge in [-0.25, -0.2) is 0 Å². The van der Waals surface area contributed by atoms with E-state index in [4.69, 9.17) is 0 Å². The van der Waals surface area contributed by atoms with E-state index < -0.39 is 24.1 Å². The van der Waals surface area contributed by atoms with Gasteiger partial charge in [0.2, 0.25) is 5.91 Å². The summed E-state index contributed by atoms with van der Waals surface area (Å²) in [6.45, 7) is 2.37. The van der Waals surface area contributed by atoms with Gasteiger partial charge in [-0.15, -0.1) is 0 Å². The second kappa shape index (κ2) is 12.7. The number of aliphatic carboxylic acids is 1. The van der Waals surface area contributed by atoms with Crippen LogP contribution in [0.2, 0.25) is 0 Å². The van der Waals surface area contributed by atoms with Gasteiger partial charge < -0.3 is 20.2 Å². The maximum Gasteiger partial charge on any atom is 0.305 e. The van der Waals surface area contributed by atoms with Crippen LogP contribution in [0.25, 0.3) is 0 Å². The van der Waals surface area contributed by atoms with Crippen LogP contribution < -0.4 is 5.32 Å². The molecule has 0 aromatic heterocycles. The molecule has 1 aliphatic heterocycles. The number of carboxylic acids is 1. The van der Waals surface area contributed by atoms with Crippen molar-refractivity contribution in [1.82, 2.24) is 15.1 Å². The van der Waals surface area contributed by atoms with Gasteiger partial charge >= 0.3 is 5.97 Å². The average molecular weight is 520 g/mol. The highest BCUT2D eigenvalue weighted by Crippen LogP contribution is 2.29. The predicted octanol–water partition coefficient (Wildman–Crippen LogP) is 3.78. The Morgan fingerprint density at radius 2 is 1.66 bits per heavy atom. The summed E-state index contributed by atoms with van der Waals surface area (Å²) >= 11 is 0. The smallest absolute Gasteiger partial charge is 0.305 e. The van der Waals surface area contributed by atoms with E-state index in [1.165, 1.54) is 9.80 Å². The minimum atomic E-state index is -1.12. The molecule has 8 heteroatoms. The Balaban J connectivity index is 1.56. The monoisotopic (exact) mass is 519 g/mol. The maximum absolute atomic E-state index is 13.8. The van der Waals surface area contributed by atoms with Gasteiger partial charge in [-0.1, -0.05) is 67.3 Å². The van der Waals surface area contributed by atoms with E-state index in [-0.39, 0.29) is 43.7 Å². The standard InChI is InChI=1S/C30H37N3O5/c1-21-9-8-14-24(19-21)30(38)33-18-17-32(26(34)16-15-22-10-4-2-5-11-22)29(33)28(37)31-25(20-27(35)36)23-12-6-3-7-13-23/h2,4-5,8-11,14,19,23,25,29H,3,6-7,12-13,15-18,20H2,1H3,(H,31,37)(H,35,36). The van der Waals surface area contributed by atoms with Crippen molar-refractivity contribution in [2.24, 2.45) is 5.92 Å². The van der Waals surface area contributed by atoms with Crippen molar-refractivity contribution < 1.29 is 24.3 Å². The molecule has 3 amide bonds. The van der Waals surface area contributed by atoms with Crippen molar-refractivity contribution in [3.05, 3.63) is 71.3 Å². The number of hydrogen-bond donors (Lipinski definition) is 2. The summed E-state index contributed by atoms with van der Waals surface area (Å²) in [4.78, 5) is 55.3. The Morgan fingerprint density at radius 3 is 2.34 bits per heavy atom. The third-order valence-electron chi connectivity index (χ3n) is 7.66. The van der Waals surface area contributed by atoms with Crippen LogP contribution in [0.1, 0.15) is 66.4 Å². The normalized spacial score (nSPS) is 18.7. The molecule has 202 valence electrons. The van der Waals surface area contributed by atoms with Crippen LogP contribution >= 0.6 is 0 Å². The number of carboxylic acid groups (broad SMARTS) is 1. The van der Waals surface area contributed by atoms with Crippen LogP contribution in [0.4, 0.5) is 0 Å². The summed E-state index contributed by atoms with van der Waals surface area (Å²) in [6.07, 6.45) is 4.26. The quantitative estimate of drug-likeness (QED) is 0.524. The topological polar surface area (TPSA) is 107 Å². The molecule has 1 aliphatic carbocycles. The van der Waals surface area contributed by atoms with E-state index >= 15 is 0 Å².